The number of hydrogen-bond acceptors (Lipinski definition) is 0. The average molecular weight is 161 g/mol. The number of aryl methyl sites for hydroxylation is 1. The molecule has 0 saturated carbocycles. The summed E-state index contributed by atoms with van der Waals surface area (Å²) < 4.78 is 0. The van der Waals surface area contributed by atoms with Crippen LogP contribution in [0, 0.1) is 27.2 Å². The molecule has 0 heteroatoms. The average Bonchev–Trinajstić information content (AvgIpc) is 2.07. The van der Waals surface area contributed by atoms with E-state index in [0.29, 0.717) is 0 Å². The van der Waals surface area contributed by atoms with Gasteiger partial charge in [-0.2, -0.15) is 0 Å². The largest absolute Gasteiger partial charge is 0.0619 e. The van der Waals surface area contributed by atoms with Crippen LogP contribution in [0.2, 0.25) is 0 Å². The molecule has 0 fully saturated rings. The molecule has 0 bridgehead atoms. The van der Waals surface area contributed by atoms with Gasteiger partial charge in [0.05, 0.1) is 0 Å². The molecule has 0 heterocycles. The van der Waals surface area contributed by atoms with Gasteiger partial charge in [0, 0.05) is 0 Å². The van der Waals surface area contributed by atoms with E-state index in [1.54, 1.807) is 0 Å². The van der Waals surface area contributed by atoms with Gasteiger partial charge in [-0.05, 0) is 55.9 Å². The fourth-order valence-electron chi connectivity index (χ4n) is 1.45. The van der Waals surface area contributed by atoms with Crippen LogP contribution in [-0.4, -0.2) is 0 Å². The molecule has 0 N–H and O–H groups in total. The maximum atomic E-state index is 2.23. The summed E-state index contributed by atoms with van der Waals surface area (Å²) in [6.45, 7) is 8.68. The Morgan fingerprint density at radius 1 is 1.08 bits per heavy atom. The summed E-state index contributed by atoms with van der Waals surface area (Å²) in [6.07, 6.45) is 3.30. The molecule has 0 aliphatic rings. The molecule has 0 unspecified atom stereocenters. The standard InChI is InChI=1S/C12H17/c1-5-6-12-8-7-9(2)10(3)11(12)4/h5,7-8H,6H2,1-4H3. The third-order valence-electron chi connectivity index (χ3n) is 2.59. The van der Waals surface area contributed by atoms with E-state index < -0.39 is 0 Å². The van der Waals surface area contributed by atoms with Gasteiger partial charge < -0.3 is 0 Å². The van der Waals surface area contributed by atoms with E-state index in [1.807, 2.05) is 0 Å². The van der Waals surface area contributed by atoms with E-state index >= 15 is 0 Å². The minimum absolute atomic E-state index is 1.09. The molecule has 0 aliphatic carbocycles. The topological polar surface area (TPSA) is 0 Å². The Bertz CT molecular complexity index is 272. The normalized spacial score (nSPS) is 10.3. The van der Waals surface area contributed by atoms with Crippen molar-refractivity contribution in [1.29, 1.82) is 0 Å². The van der Waals surface area contributed by atoms with Crippen LogP contribution >= 0.6 is 0 Å². The summed E-state index contributed by atoms with van der Waals surface area (Å²) in [5.41, 5.74) is 5.75. The Labute approximate surface area is 75.6 Å². The van der Waals surface area contributed by atoms with Crippen LogP contribution in [-0.2, 0) is 6.42 Å². The molecular weight excluding hydrogens is 144 g/mol. The third-order valence-corrected chi connectivity index (χ3v) is 2.59. The van der Waals surface area contributed by atoms with Gasteiger partial charge in [-0.15, -0.1) is 0 Å². The molecule has 0 aromatic heterocycles. The van der Waals surface area contributed by atoms with Crippen molar-refractivity contribution in [2.24, 2.45) is 0 Å². The Morgan fingerprint density at radius 3 is 2.33 bits per heavy atom. The summed E-state index contributed by atoms with van der Waals surface area (Å²) in [6, 6.07) is 4.44. The van der Waals surface area contributed by atoms with Crippen LogP contribution in [0.3, 0.4) is 0 Å². The second kappa shape index (κ2) is 3.75. The van der Waals surface area contributed by atoms with Gasteiger partial charge in [0.2, 0.25) is 0 Å². The molecule has 0 aliphatic heterocycles. The van der Waals surface area contributed by atoms with Crippen molar-refractivity contribution >= 4 is 0 Å². The highest BCUT2D eigenvalue weighted by Gasteiger charge is 2.01. The zero-order valence-corrected chi connectivity index (χ0v) is 8.44. The van der Waals surface area contributed by atoms with Gasteiger partial charge in [0.15, 0.2) is 0 Å². The molecule has 1 aromatic rings. The lowest BCUT2D eigenvalue weighted by atomic mass is 9.96. The molecule has 12 heavy (non-hydrogen) atoms. The van der Waals surface area contributed by atoms with E-state index in [1.165, 1.54) is 22.3 Å². The maximum Gasteiger partial charge on any atom is -0.0248 e. The van der Waals surface area contributed by atoms with E-state index in [-0.39, 0.29) is 0 Å². The summed E-state index contributed by atoms with van der Waals surface area (Å²) in [5, 5.41) is 0. The van der Waals surface area contributed by atoms with Gasteiger partial charge in [0.1, 0.15) is 0 Å². The van der Waals surface area contributed by atoms with Gasteiger partial charge in [-0.1, -0.05) is 19.1 Å². The fraction of sp³-hybridized carbons (Fsp3) is 0.417. The Morgan fingerprint density at radius 2 is 1.75 bits per heavy atom. The first-order valence-electron chi connectivity index (χ1n) is 4.50. The highest BCUT2D eigenvalue weighted by atomic mass is 14.1. The summed E-state index contributed by atoms with van der Waals surface area (Å²) in [7, 11) is 0. The maximum absolute atomic E-state index is 2.23. The first-order chi connectivity index (χ1) is 5.66. The lowest BCUT2D eigenvalue weighted by Gasteiger charge is -2.09. The Balaban J connectivity index is 3.08. The van der Waals surface area contributed by atoms with E-state index in [9.17, 15) is 0 Å². The molecule has 0 nitrogen and oxygen atoms in total. The molecule has 1 aromatic carbocycles. The van der Waals surface area contributed by atoms with E-state index in [0.717, 1.165) is 6.42 Å². The summed E-state index contributed by atoms with van der Waals surface area (Å²) in [4.78, 5) is 0. The second-order valence-electron chi connectivity index (χ2n) is 3.40. The first-order valence-corrected chi connectivity index (χ1v) is 4.50. The first kappa shape index (κ1) is 9.31. The lowest BCUT2D eigenvalue weighted by Crippen LogP contribution is -1.94. The molecular formula is C12H17. The number of rotatable bonds is 2. The fourth-order valence-corrected chi connectivity index (χ4v) is 1.45. The minimum Gasteiger partial charge on any atom is -0.0619 e. The molecule has 0 saturated heterocycles. The van der Waals surface area contributed by atoms with Crippen molar-refractivity contribution in [3.05, 3.63) is 40.8 Å². The molecule has 1 radical (unpaired) electrons. The van der Waals surface area contributed by atoms with Gasteiger partial charge in [0.25, 0.3) is 0 Å². The smallest absolute Gasteiger partial charge is 0.0248 e. The van der Waals surface area contributed by atoms with Crippen molar-refractivity contribution in [3.63, 3.8) is 0 Å². The van der Waals surface area contributed by atoms with Crippen LogP contribution in [0.4, 0.5) is 0 Å². The van der Waals surface area contributed by atoms with Crippen LogP contribution < -0.4 is 0 Å². The Kier molecular flexibility index (Phi) is 2.91. The summed E-state index contributed by atoms with van der Waals surface area (Å²) in [5.74, 6) is 0. The van der Waals surface area contributed by atoms with Crippen molar-refractivity contribution in [3.8, 4) is 0 Å². The van der Waals surface area contributed by atoms with E-state index in [2.05, 4.69) is 46.2 Å². The quantitative estimate of drug-likeness (QED) is 0.623. The third kappa shape index (κ3) is 1.69. The van der Waals surface area contributed by atoms with E-state index in [4.69, 9.17) is 0 Å². The van der Waals surface area contributed by atoms with Crippen LogP contribution in [0.1, 0.15) is 29.2 Å². The monoisotopic (exact) mass is 161 g/mol. The van der Waals surface area contributed by atoms with Gasteiger partial charge in [-0.3, -0.25) is 0 Å². The molecule has 0 spiro atoms. The van der Waals surface area contributed by atoms with Gasteiger partial charge >= 0.3 is 0 Å². The summed E-state index contributed by atoms with van der Waals surface area (Å²) >= 11 is 0. The highest BCUT2D eigenvalue weighted by molar-refractivity contribution is 5.39. The molecule has 65 valence electrons. The predicted octanol–water partition coefficient (Wildman–Crippen LogP) is 3.38. The minimum atomic E-state index is 1.09. The highest BCUT2D eigenvalue weighted by Crippen LogP contribution is 2.17. The van der Waals surface area contributed by atoms with Crippen molar-refractivity contribution in [2.75, 3.05) is 0 Å². The zero-order chi connectivity index (χ0) is 9.14. The van der Waals surface area contributed by atoms with Crippen molar-refractivity contribution in [2.45, 2.75) is 34.1 Å². The van der Waals surface area contributed by atoms with Crippen LogP contribution in [0.15, 0.2) is 12.1 Å². The second-order valence-corrected chi connectivity index (χ2v) is 3.40. The number of hydrogen-bond donors (Lipinski definition) is 0. The molecule has 1 rings (SSSR count). The van der Waals surface area contributed by atoms with Gasteiger partial charge in [-0.25, -0.2) is 0 Å². The van der Waals surface area contributed by atoms with Crippen molar-refractivity contribution in [1.82, 2.24) is 0 Å². The van der Waals surface area contributed by atoms with Crippen molar-refractivity contribution < 1.29 is 0 Å². The molecule has 0 amide bonds. The predicted molar refractivity (Wildman–Crippen MR) is 54.3 cm³/mol. The Hall–Kier alpha value is -0.780. The SMILES string of the molecule is C[CH]Cc1ccc(C)c(C)c1C. The zero-order valence-electron chi connectivity index (χ0n) is 8.44. The molecule has 0 atom stereocenters. The lowest BCUT2D eigenvalue weighted by molar-refractivity contribution is 1.09. The van der Waals surface area contributed by atoms with Crippen LogP contribution in [0.25, 0.3) is 0 Å². The van der Waals surface area contributed by atoms with Crippen LogP contribution in [0.5, 0.6) is 0 Å². The number of benzene rings is 1.